The SMILES string of the molecule is CCC(=O)Cc1ncnc2sc(C)cc12. The molecule has 0 atom stereocenters. The van der Waals surface area contributed by atoms with Crippen LogP contribution in [0.1, 0.15) is 23.9 Å². The van der Waals surface area contributed by atoms with E-state index >= 15 is 0 Å². The summed E-state index contributed by atoms with van der Waals surface area (Å²) >= 11 is 1.64. The summed E-state index contributed by atoms with van der Waals surface area (Å²) in [4.78, 5) is 21.9. The van der Waals surface area contributed by atoms with Crippen LogP contribution in [0.4, 0.5) is 0 Å². The van der Waals surface area contributed by atoms with E-state index in [-0.39, 0.29) is 5.78 Å². The quantitative estimate of drug-likeness (QED) is 0.798. The predicted molar refractivity (Wildman–Crippen MR) is 61.2 cm³/mol. The Morgan fingerprint density at radius 2 is 2.27 bits per heavy atom. The zero-order chi connectivity index (χ0) is 10.8. The molecule has 0 saturated carbocycles. The summed E-state index contributed by atoms with van der Waals surface area (Å²) in [5.41, 5.74) is 0.858. The van der Waals surface area contributed by atoms with Gasteiger partial charge in [-0.3, -0.25) is 4.79 Å². The Kier molecular flexibility index (Phi) is 2.77. The molecule has 3 nitrogen and oxygen atoms in total. The van der Waals surface area contributed by atoms with Gasteiger partial charge in [0.25, 0.3) is 0 Å². The van der Waals surface area contributed by atoms with Gasteiger partial charge in [0.1, 0.15) is 16.9 Å². The minimum absolute atomic E-state index is 0.221. The van der Waals surface area contributed by atoms with Crippen molar-refractivity contribution in [2.24, 2.45) is 0 Å². The summed E-state index contributed by atoms with van der Waals surface area (Å²) in [5.74, 6) is 0.221. The highest BCUT2D eigenvalue weighted by molar-refractivity contribution is 7.18. The lowest BCUT2D eigenvalue weighted by Crippen LogP contribution is -2.02. The molecule has 0 aliphatic rings. The van der Waals surface area contributed by atoms with E-state index in [2.05, 4.69) is 16.0 Å². The van der Waals surface area contributed by atoms with Crippen LogP contribution in [0.5, 0.6) is 0 Å². The van der Waals surface area contributed by atoms with Gasteiger partial charge in [-0.15, -0.1) is 11.3 Å². The molecule has 2 aromatic heterocycles. The zero-order valence-electron chi connectivity index (χ0n) is 8.78. The molecule has 2 rings (SSSR count). The third-order valence-corrected chi connectivity index (χ3v) is 3.25. The third kappa shape index (κ3) is 2.04. The van der Waals surface area contributed by atoms with E-state index in [1.165, 1.54) is 11.2 Å². The Balaban J connectivity index is 2.46. The first-order valence-electron chi connectivity index (χ1n) is 4.92. The van der Waals surface area contributed by atoms with Crippen molar-refractivity contribution in [3.63, 3.8) is 0 Å². The second-order valence-corrected chi connectivity index (χ2v) is 4.70. The predicted octanol–water partition coefficient (Wildman–Crippen LogP) is 2.52. The number of aryl methyl sites for hydroxylation is 1. The maximum atomic E-state index is 11.4. The van der Waals surface area contributed by atoms with E-state index in [4.69, 9.17) is 0 Å². The van der Waals surface area contributed by atoms with Gasteiger partial charge in [-0.2, -0.15) is 0 Å². The van der Waals surface area contributed by atoms with Crippen LogP contribution in [0.15, 0.2) is 12.4 Å². The average Bonchev–Trinajstić information content (AvgIpc) is 2.59. The van der Waals surface area contributed by atoms with Gasteiger partial charge in [0, 0.05) is 23.1 Å². The van der Waals surface area contributed by atoms with Gasteiger partial charge < -0.3 is 0 Å². The molecule has 78 valence electrons. The molecule has 0 radical (unpaired) electrons. The average molecular weight is 220 g/mol. The summed E-state index contributed by atoms with van der Waals surface area (Å²) in [6.45, 7) is 3.91. The standard InChI is InChI=1S/C11H12N2OS/c1-3-8(14)5-10-9-4-7(2)15-11(9)13-6-12-10/h4,6H,3,5H2,1-2H3. The lowest BCUT2D eigenvalue weighted by Gasteiger charge is -1.98. The van der Waals surface area contributed by atoms with Crippen LogP contribution in [0.3, 0.4) is 0 Å². The van der Waals surface area contributed by atoms with Crippen molar-refractivity contribution < 1.29 is 4.79 Å². The van der Waals surface area contributed by atoms with Crippen molar-refractivity contribution in [1.29, 1.82) is 0 Å². The molecule has 4 heteroatoms. The van der Waals surface area contributed by atoms with Gasteiger partial charge >= 0.3 is 0 Å². The van der Waals surface area contributed by atoms with E-state index in [1.54, 1.807) is 11.3 Å². The molecule has 2 aromatic rings. The number of rotatable bonds is 3. The molecule has 0 fully saturated rings. The van der Waals surface area contributed by atoms with E-state index in [0.717, 1.165) is 15.9 Å². The second kappa shape index (κ2) is 4.06. The Morgan fingerprint density at radius 1 is 1.47 bits per heavy atom. The third-order valence-electron chi connectivity index (χ3n) is 2.29. The molecule has 0 N–H and O–H groups in total. The lowest BCUT2D eigenvalue weighted by molar-refractivity contribution is -0.118. The molecule has 0 amide bonds. The number of hydrogen-bond acceptors (Lipinski definition) is 4. The van der Waals surface area contributed by atoms with Crippen molar-refractivity contribution in [3.8, 4) is 0 Å². The van der Waals surface area contributed by atoms with Crippen LogP contribution >= 0.6 is 11.3 Å². The van der Waals surface area contributed by atoms with Gasteiger partial charge in [0.05, 0.1) is 5.69 Å². The zero-order valence-corrected chi connectivity index (χ0v) is 9.60. The van der Waals surface area contributed by atoms with Crippen molar-refractivity contribution in [2.75, 3.05) is 0 Å². The number of hydrogen-bond donors (Lipinski definition) is 0. The van der Waals surface area contributed by atoms with Crippen molar-refractivity contribution in [1.82, 2.24) is 9.97 Å². The molecular weight excluding hydrogens is 208 g/mol. The first-order chi connectivity index (χ1) is 7.20. The molecule has 0 unspecified atom stereocenters. The van der Waals surface area contributed by atoms with Gasteiger partial charge in [-0.25, -0.2) is 9.97 Å². The fraction of sp³-hybridized carbons (Fsp3) is 0.364. The topological polar surface area (TPSA) is 42.9 Å². The molecule has 0 aliphatic heterocycles. The molecular formula is C11H12N2OS. The fourth-order valence-corrected chi connectivity index (χ4v) is 2.35. The van der Waals surface area contributed by atoms with E-state index in [9.17, 15) is 4.79 Å². The van der Waals surface area contributed by atoms with Crippen LogP contribution in [0, 0.1) is 6.92 Å². The van der Waals surface area contributed by atoms with Gasteiger partial charge in [0.15, 0.2) is 0 Å². The van der Waals surface area contributed by atoms with Gasteiger partial charge in [-0.1, -0.05) is 6.92 Å². The smallest absolute Gasteiger partial charge is 0.138 e. The van der Waals surface area contributed by atoms with Crippen LogP contribution in [-0.4, -0.2) is 15.8 Å². The number of carbonyl (C=O) groups excluding carboxylic acids is 1. The van der Waals surface area contributed by atoms with Crippen molar-refractivity contribution >= 4 is 27.3 Å². The minimum atomic E-state index is 0.221. The number of carbonyl (C=O) groups is 1. The fourth-order valence-electron chi connectivity index (χ4n) is 1.48. The number of aromatic nitrogens is 2. The summed E-state index contributed by atoms with van der Waals surface area (Å²) in [5, 5.41) is 1.03. The van der Waals surface area contributed by atoms with Crippen molar-refractivity contribution in [3.05, 3.63) is 23.0 Å². The summed E-state index contributed by atoms with van der Waals surface area (Å²) in [7, 11) is 0. The number of thiophene rings is 1. The molecule has 0 bridgehead atoms. The normalized spacial score (nSPS) is 10.8. The highest BCUT2D eigenvalue weighted by Gasteiger charge is 2.09. The monoisotopic (exact) mass is 220 g/mol. The highest BCUT2D eigenvalue weighted by Crippen LogP contribution is 2.24. The van der Waals surface area contributed by atoms with Crippen LogP contribution < -0.4 is 0 Å². The lowest BCUT2D eigenvalue weighted by atomic mass is 10.1. The largest absolute Gasteiger partial charge is 0.299 e. The van der Waals surface area contributed by atoms with Crippen LogP contribution in [-0.2, 0) is 11.2 Å². The molecule has 15 heavy (non-hydrogen) atoms. The summed E-state index contributed by atoms with van der Waals surface area (Å²) in [6.07, 6.45) is 2.52. The van der Waals surface area contributed by atoms with Crippen LogP contribution in [0.25, 0.3) is 10.2 Å². The second-order valence-electron chi connectivity index (χ2n) is 3.47. The molecule has 0 aliphatic carbocycles. The number of nitrogens with zero attached hydrogens (tertiary/aromatic N) is 2. The Bertz CT molecular complexity index is 504. The molecule has 0 aromatic carbocycles. The Morgan fingerprint density at radius 3 is 3.00 bits per heavy atom. The first-order valence-corrected chi connectivity index (χ1v) is 5.74. The summed E-state index contributed by atoms with van der Waals surface area (Å²) in [6, 6.07) is 2.05. The molecule has 2 heterocycles. The maximum absolute atomic E-state index is 11.4. The van der Waals surface area contributed by atoms with E-state index in [1.807, 2.05) is 13.8 Å². The van der Waals surface area contributed by atoms with Crippen molar-refractivity contribution in [2.45, 2.75) is 26.7 Å². The number of ketones is 1. The number of Topliss-reactive ketones (excluding diaryl/α,β-unsaturated/α-hetero) is 1. The van der Waals surface area contributed by atoms with Gasteiger partial charge in [0.2, 0.25) is 0 Å². The van der Waals surface area contributed by atoms with E-state index < -0.39 is 0 Å². The summed E-state index contributed by atoms with van der Waals surface area (Å²) < 4.78 is 0. The number of fused-ring (bicyclic) bond motifs is 1. The first kappa shape index (κ1) is 10.2. The Hall–Kier alpha value is -1.29. The Labute approximate surface area is 92.2 Å². The van der Waals surface area contributed by atoms with Gasteiger partial charge in [-0.05, 0) is 13.0 Å². The minimum Gasteiger partial charge on any atom is -0.299 e. The van der Waals surface area contributed by atoms with Crippen LogP contribution in [0.2, 0.25) is 0 Å². The molecule has 0 saturated heterocycles. The maximum Gasteiger partial charge on any atom is 0.138 e. The van der Waals surface area contributed by atoms with E-state index in [0.29, 0.717) is 12.8 Å². The highest BCUT2D eigenvalue weighted by atomic mass is 32.1. The molecule has 0 spiro atoms.